The minimum Gasteiger partial charge on any atom is -0.480 e. The molecule has 2 aliphatic heterocycles. The normalized spacial score (nSPS) is 27.3. The zero-order valence-corrected chi connectivity index (χ0v) is 15.2. The van der Waals surface area contributed by atoms with Crippen LogP contribution in [-0.4, -0.2) is 59.8 Å². The molecule has 0 radical (unpaired) electrons. The number of rotatable bonds is 5. The van der Waals surface area contributed by atoms with E-state index in [2.05, 4.69) is 0 Å². The van der Waals surface area contributed by atoms with Gasteiger partial charge in [0.1, 0.15) is 12.0 Å². The van der Waals surface area contributed by atoms with Crippen molar-refractivity contribution in [3.63, 3.8) is 0 Å². The van der Waals surface area contributed by atoms with E-state index in [0.29, 0.717) is 18.4 Å². The Morgan fingerprint density at radius 2 is 1.88 bits per heavy atom. The Hall–Kier alpha value is -2.12. The number of fused-ring (bicyclic) bond motifs is 2. The van der Waals surface area contributed by atoms with Gasteiger partial charge < -0.3 is 14.6 Å². The summed E-state index contributed by atoms with van der Waals surface area (Å²) < 4.78 is 10.5. The molecule has 26 heavy (non-hydrogen) atoms. The number of carboxylic acids is 1. The molecule has 0 spiro atoms. The number of aliphatic carboxylic acids is 1. The fraction of sp³-hybridized carbons (Fsp3) is 0.500. The van der Waals surface area contributed by atoms with Gasteiger partial charge >= 0.3 is 17.9 Å². The maximum absolute atomic E-state index is 12.4. The number of esters is 2. The molecule has 7 nitrogen and oxygen atoms in total. The van der Waals surface area contributed by atoms with E-state index in [9.17, 15) is 14.4 Å². The molecule has 2 saturated heterocycles. The van der Waals surface area contributed by atoms with Gasteiger partial charge in [-0.15, -0.1) is 12.4 Å². The summed E-state index contributed by atoms with van der Waals surface area (Å²) in [4.78, 5) is 37.7. The van der Waals surface area contributed by atoms with E-state index in [1.807, 2.05) is 4.90 Å². The number of hydrogen-bond donors (Lipinski definition) is 1. The topological polar surface area (TPSA) is 93.1 Å². The number of halogens is 1. The predicted octanol–water partition coefficient (Wildman–Crippen LogP) is 1.74. The molecular formula is C18H22ClNO6. The van der Waals surface area contributed by atoms with E-state index < -0.39 is 29.9 Å². The first-order valence-corrected chi connectivity index (χ1v) is 8.32. The molecule has 142 valence electrons. The molecule has 2 aliphatic rings. The van der Waals surface area contributed by atoms with Crippen LogP contribution in [-0.2, 0) is 19.1 Å². The average molecular weight is 384 g/mol. The van der Waals surface area contributed by atoms with Crippen molar-refractivity contribution in [1.29, 1.82) is 0 Å². The van der Waals surface area contributed by atoms with Crippen LogP contribution in [0.2, 0.25) is 0 Å². The quantitative estimate of drug-likeness (QED) is 0.774. The Labute approximate surface area is 157 Å². The zero-order chi connectivity index (χ0) is 18.0. The summed E-state index contributed by atoms with van der Waals surface area (Å²) in [5, 5.41) is 9.13. The van der Waals surface area contributed by atoms with Gasteiger partial charge in [0.25, 0.3) is 0 Å². The monoisotopic (exact) mass is 383 g/mol. The summed E-state index contributed by atoms with van der Waals surface area (Å²) >= 11 is 0. The lowest BCUT2D eigenvalue weighted by Crippen LogP contribution is -2.56. The second kappa shape index (κ2) is 8.51. The highest BCUT2D eigenvalue weighted by Crippen LogP contribution is 2.41. The van der Waals surface area contributed by atoms with Gasteiger partial charge in [0.15, 0.2) is 0 Å². The molecule has 4 atom stereocenters. The van der Waals surface area contributed by atoms with Crippen LogP contribution in [0.25, 0.3) is 0 Å². The molecular weight excluding hydrogens is 362 g/mol. The van der Waals surface area contributed by atoms with Gasteiger partial charge in [-0.2, -0.15) is 0 Å². The molecule has 2 heterocycles. The van der Waals surface area contributed by atoms with Crippen molar-refractivity contribution < 1.29 is 29.0 Å². The van der Waals surface area contributed by atoms with Crippen LogP contribution in [0.15, 0.2) is 30.3 Å². The molecule has 2 fully saturated rings. The van der Waals surface area contributed by atoms with E-state index in [0.717, 1.165) is 6.42 Å². The van der Waals surface area contributed by atoms with Gasteiger partial charge in [0, 0.05) is 18.5 Å². The first kappa shape index (κ1) is 20.2. The fourth-order valence-electron chi connectivity index (χ4n) is 4.02. The van der Waals surface area contributed by atoms with Crippen LogP contribution < -0.4 is 0 Å². The highest BCUT2D eigenvalue weighted by atomic mass is 35.5. The third kappa shape index (κ3) is 3.99. The van der Waals surface area contributed by atoms with Crippen LogP contribution >= 0.6 is 12.4 Å². The third-order valence-electron chi connectivity index (χ3n) is 5.07. The summed E-state index contributed by atoms with van der Waals surface area (Å²) in [6, 6.07) is 8.32. The molecule has 0 amide bonds. The molecule has 0 aliphatic carbocycles. The minimum absolute atomic E-state index is 0. The van der Waals surface area contributed by atoms with Crippen LogP contribution in [0, 0.1) is 5.92 Å². The summed E-state index contributed by atoms with van der Waals surface area (Å²) in [5.74, 6) is -2.55. The second-order valence-corrected chi connectivity index (χ2v) is 6.46. The Morgan fingerprint density at radius 3 is 2.50 bits per heavy atom. The van der Waals surface area contributed by atoms with Gasteiger partial charge in [-0.05, 0) is 25.0 Å². The van der Waals surface area contributed by atoms with Crippen molar-refractivity contribution in [1.82, 2.24) is 4.90 Å². The van der Waals surface area contributed by atoms with E-state index >= 15 is 0 Å². The van der Waals surface area contributed by atoms with E-state index in [-0.39, 0.29) is 31.0 Å². The molecule has 3 rings (SSSR count). The van der Waals surface area contributed by atoms with E-state index in [4.69, 9.17) is 14.6 Å². The number of hydrogen-bond acceptors (Lipinski definition) is 6. The van der Waals surface area contributed by atoms with E-state index in [1.165, 1.54) is 7.11 Å². The molecule has 1 aromatic rings. The first-order valence-electron chi connectivity index (χ1n) is 8.32. The minimum atomic E-state index is -0.930. The Kier molecular flexibility index (Phi) is 6.61. The Balaban J connectivity index is 0.00000243. The average Bonchev–Trinajstić information content (AvgIpc) is 2.87. The number of methoxy groups -OCH3 is 1. The molecule has 2 bridgehead atoms. The molecule has 8 heteroatoms. The number of nitrogens with zero attached hydrogens (tertiary/aromatic N) is 1. The number of carbonyl (C=O) groups excluding carboxylic acids is 2. The zero-order valence-electron chi connectivity index (χ0n) is 14.4. The molecule has 0 aromatic heterocycles. The maximum Gasteiger partial charge on any atom is 0.338 e. The van der Waals surface area contributed by atoms with Gasteiger partial charge in [-0.3, -0.25) is 14.5 Å². The van der Waals surface area contributed by atoms with Crippen molar-refractivity contribution in [2.75, 3.05) is 13.7 Å². The molecule has 4 unspecified atom stereocenters. The number of benzene rings is 1. The van der Waals surface area contributed by atoms with Crippen molar-refractivity contribution in [3.05, 3.63) is 35.9 Å². The number of piperidine rings is 1. The Morgan fingerprint density at radius 1 is 1.19 bits per heavy atom. The van der Waals surface area contributed by atoms with E-state index in [1.54, 1.807) is 30.3 Å². The van der Waals surface area contributed by atoms with Crippen LogP contribution in [0.3, 0.4) is 0 Å². The lowest BCUT2D eigenvalue weighted by atomic mass is 9.87. The fourth-order valence-corrected chi connectivity index (χ4v) is 4.02. The summed E-state index contributed by atoms with van der Waals surface area (Å²) in [5.41, 5.74) is 0.423. The summed E-state index contributed by atoms with van der Waals surface area (Å²) in [6.07, 6.45) is 1.30. The molecule has 0 saturated carbocycles. The highest BCUT2D eigenvalue weighted by Gasteiger charge is 2.52. The van der Waals surface area contributed by atoms with Crippen molar-refractivity contribution in [2.24, 2.45) is 5.92 Å². The third-order valence-corrected chi connectivity index (χ3v) is 5.07. The van der Waals surface area contributed by atoms with Crippen LogP contribution in [0.5, 0.6) is 0 Å². The lowest BCUT2D eigenvalue weighted by molar-refractivity contribution is -0.159. The number of carboxylic acid groups (broad SMARTS) is 1. The van der Waals surface area contributed by atoms with Crippen molar-refractivity contribution >= 4 is 30.3 Å². The molecule has 1 N–H and O–H groups in total. The predicted molar refractivity (Wildman–Crippen MR) is 94.2 cm³/mol. The van der Waals surface area contributed by atoms with Crippen molar-refractivity contribution in [2.45, 2.75) is 37.5 Å². The van der Waals surface area contributed by atoms with Crippen LogP contribution in [0.1, 0.15) is 29.6 Å². The number of carbonyl (C=O) groups is 3. The highest BCUT2D eigenvalue weighted by molar-refractivity contribution is 5.89. The number of ether oxygens (including phenoxy) is 2. The Bertz CT molecular complexity index is 667. The smallest absolute Gasteiger partial charge is 0.338 e. The second-order valence-electron chi connectivity index (χ2n) is 6.46. The summed E-state index contributed by atoms with van der Waals surface area (Å²) in [7, 11) is 1.29. The first-order chi connectivity index (χ1) is 12.0. The van der Waals surface area contributed by atoms with Gasteiger partial charge in [-0.1, -0.05) is 18.2 Å². The maximum atomic E-state index is 12.4. The largest absolute Gasteiger partial charge is 0.480 e. The van der Waals surface area contributed by atoms with Crippen molar-refractivity contribution in [3.8, 4) is 0 Å². The van der Waals surface area contributed by atoms with Gasteiger partial charge in [-0.25, -0.2) is 4.79 Å². The summed E-state index contributed by atoms with van der Waals surface area (Å²) in [6.45, 7) is -0.123. The lowest BCUT2D eigenvalue weighted by Gasteiger charge is -2.42. The SMILES string of the molecule is COC(=O)C1C(OC(=O)c2ccccc2)CC2CCC1N2CC(=O)O.Cl. The molecule has 1 aromatic carbocycles. The standard InChI is InChI=1S/C18H21NO6.ClH/c1-24-18(23)16-13-8-7-12(19(13)10-15(20)21)9-14(16)25-17(22)11-5-3-2-4-6-11;/h2-6,12-14,16H,7-10H2,1H3,(H,20,21);1H. The van der Waals surface area contributed by atoms with Gasteiger partial charge in [0.2, 0.25) is 0 Å². The van der Waals surface area contributed by atoms with Gasteiger partial charge in [0.05, 0.1) is 19.2 Å². The van der Waals surface area contributed by atoms with Crippen LogP contribution in [0.4, 0.5) is 0 Å².